The maximum Gasteiger partial charge on any atom is 0.337 e. The molecule has 0 radical (unpaired) electrons. The fourth-order valence-corrected chi connectivity index (χ4v) is 1.06. The standard InChI is InChI=1S/C11H9N3O3/c12-5-7(10(13)15)6-14-9-4-2-1-3-8(9)11(16)17/h1-4,6,12H,(H2,13,15)(H,16,17). The molecule has 0 aliphatic carbocycles. The van der Waals surface area contributed by atoms with Crippen molar-refractivity contribution in [1.29, 1.82) is 5.41 Å². The Morgan fingerprint density at radius 2 is 2.06 bits per heavy atom. The lowest BCUT2D eigenvalue weighted by atomic mass is 10.2. The number of carbonyl (C=O) groups is 2. The smallest absolute Gasteiger partial charge is 0.337 e. The summed E-state index contributed by atoms with van der Waals surface area (Å²) in [6.45, 7) is 0. The highest BCUT2D eigenvalue weighted by molar-refractivity contribution is 6.18. The lowest BCUT2D eigenvalue weighted by Crippen LogP contribution is -2.15. The molecule has 0 heterocycles. The van der Waals surface area contributed by atoms with E-state index in [-0.39, 0.29) is 16.8 Å². The van der Waals surface area contributed by atoms with Gasteiger partial charge in [0.25, 0.3) is 5.91 Å². The first-order chi connectivity index (χ1) is 8.06. The summed E-state index contributed by atoms with van der Waals surface area (Å²) in [5.41, 5.74) is 4.88. The van der Waals surface area contributed by atoms with Crippen LogP contribution in [-0.4, -0.2) is 29.1 Å². The maximum absolute atomic E-state index is 10.8. The average molecular weight is 231 g/mol. The quantitative estimate of drug-likeness (QED) is 0.524. The van der Waals surface area contributed by atoms with Crippen LogP contribution in [0.25, 0.3) is 0 Å². The molecule has 0 unspecified atom stereocenters. The number of aromatic carboxylic acids is 1. The first kappa shape index (κ1) is 12.4. The number of para-hydroxylation sites is 1. The second-order valence-electron chi connectivity index (χ2n) is 2.98. The van der Waals surface area contributed by atoms with E-state index >= 15 is 0 Å². The van der Waals surface area contributed by atoms with E-state index in [2.05, 4.69) is 4.99 Å². The summed E-state index contributed by atoms with van der Waals surface area (Å²) in [7, 11) is 0. The molecular formula is C11H9N3O3. The summed E-state index contributed by atoms with van der Waals surface area (Å²) < 4.78 is 0. The zero-order valence-corrected chi connectivity index (χ0v) is 8.68. The van der Waals surface area contributed by atoms with Crippen molar-refractivity contribution in [3.8, 4) is 0 Å². The van der Waals surface area contributed by atoms with E-state index in [1.165, 1.54) is 12.1 Å². The van der Waals surface area contributed by atoms with Crippen LogP contribution in [0.15, 0.2) is 34.8 Å². The number of carboxylic acids is 1. The number of rotatable bonds is 4. The normalized spacial score (nSPS) is 9.88. The van der Waals surface area contributed by atoms with E-state index in [1.54, 1.807) is 12.1 Å². The van der Waals surface area contributed by atoms with Crippen molar-refractivity contribution in [2.75, 3.05) is 0 Å². The number of aliphatic imine (C=N–C) groups is 1. The van der Waals surface area contributed by atoms with Gasteiger partial charge in [-0.05, 0) is 18.0 Å². The van der Waals surface area contributed by atoms with Crippen molar-refractivity contribution in [1.82, 2.24) is 0 Å². The number of nitrogens with zero attached hydrogens (tertiary/aromatic N) is 1. The zero-order chi connectivity index (χ0) is 12.8. The van der Waals surface area contributed by atoms with Crippen LogP contribution in [0.1, 0.15) is 10.4 Å². The molecule has 4 N–H and O–H groups in total. The third-order valence-electron chi connectivity index (χ3n) is 1.87. The van der Waals surface area contributed by atoms with Gasteiger partial charge in [-0.25, -0.2) is 4.79 Å². The summed E-state index contributed by atoms with van der Waals surface area (Å²) in [4.78, 5) is 25.4. The van der Waals surface area contributed by atoms with Gasteiger partial charge in [0, 0.05) is 6.21 Å². The topological polar surface area (TPSA) is 117 Å². The molecule has 0 aliphatic rings. The second-order valence-corrected chi connectivity index (χ2v) is 2.98. The van der Waals surface area contributed by atoms with E-state index in [4.69, 9.17) is 16.2 Å². The summed E-state index contributed by atoms with van der Waals surface area (Å²) in [5.74, 6) is -0.162. The number of nitrogens with one attached hydrogen (secondary N) is 1. The number of amides is 1. The average Bonchev–Trinajstić information content (AvgIpc) is 2.29. The van der Waals surface area contributed by atoms with Crippen LogP contribution in [0.2, 0.25) is 0 Å². The van der Waals surface area contributed by atoms with Gasteiger partial charge in [0.2, 0.25) is 0 Å². The Labute approximate surface area is 96.6 Å². The largest absolute Gasteiger partial charge is 0.478 e. The van der Waals surface area contributed by atoms with Crippen molar-refractivity contribution in [3.63, 3.8) is 0 Å². The first-order valence-corrected chi connectivity index (χ1v) is 4.52. The van der Waals surface area contributed by atoms with Gasteiger partial charge in [0.05, 0.1) is 11.3 Å². The van der Waals surface area contributed by atoms with E-state index in [1.807, 2.05) is 5.87 Å². The molecule has 0 spiro atoms. The molecule has 1 aromatic rings. The summed E-state index contributed by atoms with van der Waals surface area (Å²) in [5, 5.41) is 15.7. The molecule has 0 saturated carbocycles. The van der Waals surface area contributed by atoms with Gasteiger partial charge in [-0.2, -0.15) is 0 Å². The Bertz CT molecular complexity index is 543. The van der Waals surface area contributed by atoms with Gasteiger partial charge in [0.1, 0.15) is 5.57 Å². The van der Waals surface area contributed by atoms with E-state index in [0.29, 0.717) is 0 Å². The molecule has 0 bridgehead atoms. The van der Waals surface area contributed by atoms with Crippen molar-refractivity contribution in [2.45, 2.75) is 0 Å². The molecule has 1 rings (SSSR count). The van der Waals surface area contributed by atoms with Crippen molar-refractivity contribution < 1.29 is 14.7 Å². The predicted molar refractivity (Wildman–Crippen MR) is 62.0 cm³/mol. The highest BCUT2D eigenvalue weighted by atomic mass is 16.4. The van der Waals surface area contributed by atoms with E-state index in [0.717, 1.165) is 6.21 Å². The van der Waals surface area contributed by atoms with Crippen molar-refractivity contribution in [3.05, 3.63) is 35.4 Å². The van der Waals surface area contributed by atoms with Crippen LogP contribution in [0.3, 0.4) is 0 Å². The Morgan fingerprint density at radius 1 is 1.41 bits per heavy atom. The molecule has 0 aliphatic heterocycles. The Hall–Kier alpha value is -2.72. The fourth-order valence-electron chi connectivity index (χ4n) is 1.06. The number of carboxylic acid groups (broad SMARTS) is 1. The van der Waals surface area contributed by atoms with Crippen LogP contribution < -0.4 is 5.73 Å². The summed E-state index contributed by atoms with van der Waals surface area (Å²) in [6, 6.07) is 6.02. The first-order valence-electron chi connectivity index (χ1n) is 4.52. The van der Waals surface area contributed by atoms with Gasteiger partial charge in [0.15, 0.2) is 0 Å². The minimum Gasteiger partial charge on any atom is -0.478 e. The van der Waals surface area contributed by atoms with Crippen molar-refractivity contribution in [2.24, 2.45) is 10.7 Å². The molecular weight excluding hydrogens is 222 g/mol. The second kappa shape index (κ2) is 5.39. The number of hydrogen-bond acceptors (Lipinski definition) is 4. The van der Waals surface area contributed by atoms with Crippen LogP contribution in [-0.2, 0) is 4.79 Å². The molecule has 6 heteroatoms. The predicted octanol–water partition coefficient (Wildman–Crippen LogP) is 0.747. The molecule has 17 heavy (non-hydrogen) atoms. The Morgan fingerprint density at radius 3 is 2.59 bits per heavy atom. The summed E-state index contributed by atoms with van der Waals surface area (Å²) >= 11 is 0. The molecule has 6 nitrogen and oxygen atoms in total. The lowest BCUT2D eigenvalue weighted by Gasteiger charge is -1.99. The zero-order valence-electron chi connectivity index (χ0n) is 8.68. The van der Waals surface area contributed by atoms with Crippen LogP contribution in [0.4, 0.5) is 5.69 Å². The fraction of sp³-hybridized carbons (Fsp3) is 0. The number of nitrogens with two attached hydrogens (primary N) is 1. The molecule has 0 aromatic heterocycles. The highest BCUT2D eigenvalue weighted by Gasteiger charge is 2.08. The maximum atomic E-state index is 10.8. The lowest BCUT2D eigenvalue weighted by molar-refractivity contribution is -0.113. The number of hydrogen-bond donors (Lipinski definition) is 3. The third-order valence-corrected chi connectivity index (χ3v) is 1.87. The highest BCUT2D eigenvalue weighted by Crippen LogP contribution is 2.18. The Balaban J connectivity index is 3.12. The molecule has 0 atom stereocenters. The van der Waals surface area contributed by atoms with E-state index < -0.39 is 11.9 Å². The monoisotopic (exact) mass is 231 g/mol. The van der Waals surface area contributed by atoms with Gasteiger partial charge in [-0.3, -0.25) is 15.2 Å². The number of benzene rings is 1. The number of primary amides is 1. The van der Waals surface area contributed by atoms with Gasteiger partial charge >= 0.3 is 5.97 Å². The third kappa shape index (κ3) is 3.12. The molecule has 1 amide bonds. The van der Waals surface area contributed by atoms with Crippen LogP contribution in [0.5, 0.6) is 0 Å². The molecule has 0 saturated heterocycles. The minimum atomic E-state index is -1.13. The minimum absolute atomic E-state index is 0.00227. The molecule has 0 fully saturated rings. The Kier molecular flexibility index (Phi) is 3.91. The summed E-state index contributed by atoms with van der Waals surface area (Å²) in [6.07, 6.45) is 1.01. The van der Waals surface area contributed by atoms with Gasteiger partial charge < -0.3 is 10.8 Å². The van der Waals surface area contributed by atoms with Gasteiger partial charge in [-0.15, -0.1) is 0 Å². The van der Waals surface area contributed by atoms with E-state index in [9.17, 15) is 9.59 Å². The van der Waals surface area contributed by atoms with Crippen LogP contribution in [0, 0.1) is 5.41 Å². The molecule has 1 aromatic carbocycles. The van der Waals surface area contributed by atoms with Crippen LogP contribution >= 0.6 is 0 Å². The van der Waals surface area contributed by atoms with Gasteiger partial charge in [-0.1, -0.05) is 12.1 Å². The SMILES string of the molecule is N=C=C(C=Nc1ccccc1C(=O)O)C(N)=O. The molecule has 86 valence electrons. The van der Waals surface area contributed by atoms with Crippen molar-refractivity contribution >= 4 is 29.6 Å². The number of carbonyl (C=O) groups excluding carboxylic acids is 1.